The van der Waals surface area contributed by atoms with Crippen LogP contribution in [-0.2, 0) is 0 Å². The van der Waals surface area contributed by atoms with Crippen LogP contribution in [0.15, 0.2) is 77.7 Å². The Morgan fingerprint density at radius 3 is 2.73 bits per heavy atom. The first-order valence-electron chi connectivity index (χ1n) is 8.14. The van der Waals surface area contributed by atoms with Crippen LogP contribution in [0.1, 0.15) is 16.1 Å². The van der Waals surface area contributed by atoms with Crippen LogP contribution in [0.4, 0.5) is 5.69 Å². The molecule has 2 aromatic heterocycles. The van der Waals surface area contributed by atoms with Crippen LogP contribution in [0.2, 0.25) is 0 Å². The molecule has 0 aliphatic rings. The highest BCUT2D eigenvalue weighted by Gasteiger charge is 2.13. The zero-order chi connectivity index (χ0) is 17.9. The highest BCUT2D eigenvalue weighted by Crippen LogP contribution is 2.24. The Morgan fingerprint density at radius 1 is 1.12 bits per heavy atom. The van der Waals surface area contributed by atoms with E-state index >= 15 is 0 Å². The molecular formula is C20H16N4O2. The number of carbonyl (C=O) groups is 1. The molecule has 26 heavy (non-hydrogen) atoms. The molecule has 0 saturated carbocycles. The molecule has 0 bridgehead atoms. The minimum Gasteiger partial charge on any atom is -0.445 e. The summed E-state index contributed by atoms with van der Waals surface area (Å²) in [5, 5.41) is 7.26. The predicted octanol–water partition coefficient (Wildman–Crippen LogP) is 4.09. The maximum Gasteiger partial charge on any atom is 0.276 e. The Morgan fingerprint density at radius 2 is 1.96 bits per heavy atom. The van der Waals surface area contributed by atoms with Crippen molar-refractivity contribution in [1.82, 2.24) is 14.8 Å². The first kappa shape index (κ1) is 15.8. The molecule has 0 aliphatic carbocycles. The van der Waals surface area contributed by atoms with Crippen molar-refractivity contribution >= 4 is 11.6 Å². The fourth-order valence-corrected chi connectivity index (χ4v) is 2.61. The molecule has 4 rings (SSSR count). The molecule has 6 nitrogen and oxygen atoms in total. The van der Waals surface area contributed by atoms with Gasteiger partial charge in [-0.2, -0.15) is 5.10 Å². The zero-order valence-corrected chi connectivity index (χ0v) is 14.1. The Hall–Kier alpha value is -3.67. The molecule has 0 spiro atoms. The number of oxazole rings is 1. The van der Waals surface area contributed by atoms with Crippen LogP contribution in [0.25, 0.3) is 17.1 Å². The molecule has 128 valence electrons. The van der Waals surface area contributed by atoms with E-state index in [0.29, 0.717) is 17.3 Å². The number of nitrogens with zero attached hydrogens (tertiary/aromatic N) is 3. The Kier molecular flexibility index (Phi) is 4.07. The predicted molar refractivity (Wildman–Crippen MR) is 98.2 cm³/mol. The lowest BCUT2D eigenvalue weighted by atomic mass is 10.1. The summed E-state index contributed by atoms with van der Waals surface area (Å²) >= 11 is 0. The number of hydrogen-bond acceptors (Lipinski definition) is 4. The van der Waals surface area contributed by atoms with Gasteiger partial charge in [-0.25, -0.2) is 9.67 Å². The van der Waals surface area contributed by atoms with Gasteiger partial charge in [0.05, 0.1) is 11.9 Å². The minimum atomic E-state index is -0.271. The summed E-state index contributed by atoms with van der Waals surface area (Å²) in [5.41, 5.74) is 3.67. The number of nitrogens with one attached hydrogen (secondary N) is 1. The Labute approximate surface area is 150 Å². The highest BCUT2D eigenvalue weighted by atomic mass is 16.3. The molecule has 1 N–H and O–H groups in total. The van der Waals surface area contributed by atoms with Crippen molar-refractivity contribution in [3.8, 4) is 17.1 Å². The number of aromatic nitrogens is 3. The average Bonchev–Trinajstić information content (AvgIpc) is 3.36. The second kappa shape index (κ2) is 6.68. The van der Waals surface area contributed by atoms with E-state index in [1.807, 2.05) is 55.5 Å². The van der Waals surface area contributed by atoms with E-state index in [2.05, 4.69) is 15.4 Å². The number of rotatable bonds is 4. The maximum absolute atomic E-state index is 12.6. The summed E-state index contributed by atoms with van der Waals surface area (Å²) in [6, 6.07) is 17.0. The smallest absolute Gasteiger partial charge is 0.276 e. The number of benzene rings is 2. The van der Waals surface area contributed by atoms with Gasteiger partial charge in [-0.1, -0.05) is 24.3 Å². The van der Waals surface area contributed by atoms with E-state index in [0.717, 1.165) is 16.8 Å². The number of hydrogen-bond donors (Lipinski definition) is 1. The van der Waals surface area contributed by atoms with Crippen molar-refractivity contribution in [1.29, 1.82) is 0 Å². The van der Waals surface area contributed by atoms with Gasteiger partial charge in [-0.05, 0) is 42.8 Å². The summed E-state index contributed by atoms with van der Waals surface area (Å²) in [6.07, 6.45) is 4.87. The van der Waals surface area contributed by atoms with E-state index < -0.39 is 0 Å². The van der Waals surface area contributed by atoms with Gasteiger partial charge in [-0.15, -0.1) is 0 Å². The molecule has 0 atom stereocenters. The molecule has 0 saturated heterocycles. The number of carbonyl (C=O) groups excluding carboxylic acids is 1. The third kappa shape index (κ3) is 3.12. The van der Waals surface area contributed by atoms with E-state index in [-0.39, 0.29) is 5.91 Å². The lowest BCUT2D eigenvalue weighted by molar-refractivity contribution is 0.102. The van der Waals surface area contributed by atoms with Gasteiger partial charge in [0.1, 0.15) is 6.26 Å². The molecule has 4 aromatic rings. The first-order valence-corrected chi connectivity index (χ1v) is 8.14. The van der Waals surface area contributed by atoms with Gasteiger partial charge in [0.25, 0.3) is 5.91 Å². The summed E-state index contributed by atoms with van der Waals surface area (Å²) in [6.45, 7) is 1.93. The molecule has 2 heterocycles. The average molecular weight is 344 g/mol. The van der Waals surface area contributed by atoms with Crippen molar-refractivity contribution < 1.29 is 9.21 Å². The lowest BCUT2D eigenvalue weighted by Crippen LogP contribution is -2.14. The van der Waals surface area contributed by atoms with Gasteiger partial charge < -0.3 is 9.73 Å². The number of anilines is 1. The lowest BCUT2D eigenvalue weighted by Gasteiger charge is -2.08. The molecule has 6 heteroatoms. The van der Waals surface area contributed by atoms with Gasteiger partial charge in [-0.3, -0.25) is 4.79 Å². The van der Waals surface area contributed by atoms with Crippen molar-refractivity contribution in [2.24, 2.45) is 0 Å². The second-order valence-electron chi connectivity index (χ2n) is 5.80. The SMILES string of the molecule is Cc1ccc(-c2ncco2)cc1NC(=O)c1ccn(-c2ccccc2)n1. The monoisotopic (exact) mass is 344 g/mol. The van der Waals surface area contributed by atoms with Crippen LogP contribution in [0.5, 0.6) is 0 Å². The quantitative estimate of drug-likeness (QED) is 0.605. The standard InChI is InChI=1S/C20H16N4O2/c1-14-7-8-15(20-21-10-12-26-20)13-18(14)22-19(25)17-9-11-24(23-17)16-5-3-2-4-6-16/h2-13H,1H3,(H,22,25). The molecule has 0 aliphatic heterocycles. The third-order valence-corrected chi connectivity index (χ3v) is 4.01. The Bertz CT molecular complexity index is 1040. The van der Waals surface area contributed by atoms with Gasteiger partial charge in [0, 0.05) is 17.4 Å². The number of amides is 1. The largest absolute Gasteiger partial charge is 0.445 e. The van der Waals surface area contributed by atoms with Crippen molar-refractivity contribution in [3.63, 3.8) is 0 Å². The van der Waals surface area contributed by atoms with E-state index in [4.69, 9.17) is 4.42 Å². The fourth-order valence-electron chi connectivity index (χ4n) is 2.61. The van der Waals surface area contributed by atoms with Crippen LogP contribution in [0.3, 0.4) is 0 Å². The number of para-hydroxylation sites is 1. The van der Waals surface area contributed by atoms with E-state index in [1.54, 1.807) is 23.1 Å². The van der Waals surface area contributed by atoms with Crippen LogP contribution >= 0.6 is 0 Å². The van der Waals surface area contributed by atoms with Gasteiger partial charge >= 0.3 is 0 Å². The first-order chi connectivity index (χ1) is 12.7. The maximum atomic E-state index is 12.6. The second-order valence-corrected chi connectivity index (χ2v) is 5.80. The van der Waals surface area contributed by atoms with Crippen LogP contribution < -0.4 is 5.32 Å². The summed E-state index contributed by atoms with van der Waals surface area (Å²) < 4.78 is 6.99. The van der Waals surface area contributed by atoms with Crippen LogP contribution in [0, 0.1) is 6.92 Å². The van der Waals surface area contributed by atoms with Gasteiger partial charge in [0.15, 0.2) is 5.69 Å². The third-order valence-electron chi connectivity index (χ3n) is 4.01. The topological polar surface area (TPSA) is 73.0 Å². The van der Waals surface area contributed by atoms with E-state index in [9.17, 15) is 4.79 Å². The fraction of sp³-hybridized carbons (Fsp3) is 0.0500. The van der Waals surface area contributed by atoms with Crippen molar-refractivity contribution in [2.75, 3.05) is 5.32 Å². The summed E-state index contributed by atoms with van der Waals surface area (Å²) in [7, 11) is 0. The number of aryl methyl sites for hydroxylation is 1. The molecule has 0 fully saturated rings. The summed E-state index contributed by atoms with van der Waals surface area (Å²) in [5.74, 6) is 0.237. The normalized spacial score (nSPS) is 10.7. The molecule has 2 aromatic carbocycles. The molecule has 0 radical (unpaired) electrons. The van der Waals surface area contributed by atoms with Crippen molar-refractivity contribution in [2.45, 2.75) is 6.92 Å². The Balaban J connectivity index is 1.57. The highest BCUT2D eigenvalue weighted by molar-refractivity contribution is 6.03. The minimum absolute atomic E-state index is 0.271. The van der Waals surface area contributed by atoms with Crippen LogP contribution in [-0.4, -0.2) is 20.7 Å². The molecule has 0 unspecified atom stereocenters. The van der Waals surface area contributed by atoms with E-state index in [1.165, 1.54) is 6.26 Å². The zero-order valence-electron chi connectivity index (χ0n) is 14.1. The molecule has 1 amide bonds. The van der Waals surface area contributed by atoms with Crippen molar-refractivity contribution in [3.05, 3.63) is 84.5 Å². The summed E-state index contributed by atoms with van der Waals surface area (Å²) in [4.78, 5) is 16.7. The van der Waals surface area contributed by atoms with Gasteiger partial charge in [0.2, 0.25) is 5.89 Å². The molecular weight excluding hydrogens is 328 g/mol.